The molecule has 1 aromatic heterocycles. The van der Waals surface area contributed by atoms with Gasteiger partial charge in [-0.1, -0.05) is 0 Å². The molecule has 2 heterocycles. The van der Waals surface area contributed by atoms with E-state index in [0.717, 1.165) is 13.1 Å². The molecule has 1 aliphatic heterocycles. The van der Waals surface area contributed by atoms with E-state index in [4.69, 9.17) is 4.74 Å². The summed E-state index contributed by atoms with van der Waals surface area (Å²) in [5.41, 5.74) is 2.45. The highest BCUT2D eigenvalue weighted by Gasteiger charge is 2.31. The van der Waals surface area contributed by atoms with Crippen molar-refractivity contribution in [1.82, 2.24) is 4.98 Å². The Morgan fingerprint density at radius 1 is 1.14 bits per heavy atom. The molecule has 0 bridgehead atoms. The van der Waals surface area contributed by atoms with Crippen LogP contribution >= 0.6 is 0 Å². The van der Waals surface area contributed by atoms with E-state index in [1.54, 1.807) is 6.92 Å². The number of esters is 1. The average molecular weight is 307 g/mol. The molecule has 2 rings (SSSR count). The van der Waals surface area contributed by atoms with E-state index >= 15 is 0 Å². The third-order valence-corrected chi connectivity index (χ3v) is 4.82. The Bertz CT molecular complexity index is 554. The molecule has 22 heavy (non-hydrogen) atoms. The highest BCUT2D eigenvalue weighted by molar-refractivity contribution is 6.03. The number of nitrogens with one attached hydrogen (secondary N) is 2. The van der Waals surface area contributed by atoms with E-state index < -0.39 is 0 Å². The van der Waals surface area contributed by atoms with Crippen molar-refractivity contribution in [2.75, 3.05) is 20.2 Å². The van der Waals surface area contributed by atoms with Gasteiger partial charge in [0.15, 0.2) is 0 Å². The molecule has 5 heteroatoms. The summed E-state index contributed by atoms with van der Waals surface area (Å²) < 4.78 is 4.81. The van der Waals surface area contributed by atoms with Gasteiger partial charge in [-0.2, -0.15) is 0 Å². The van der Waals surface area contributed by atoms with Crippen molar-refractivity contribution in [2.45, 2.75) is 52.5 Å². The number of carbonyl (C=O) groups is 2. The third kappa shape index (κ3) is 3.24. The summed E-state index contributed by atoms with van der Waals surface area (Å²) in [5.74, 6) is -0.298. The number of methoxy groups -OCH3 is 1. The van der Waals surface area contributed by atoms with Crippen LogP contribution in [0, 0.1) is 13.8 Å². The number of likely N-dealkylation sites (tertiary alicyclic amines) is 1. The molecule has 0 saturated carbocycles. The summed E-state index contributed by atoms with van der Waals surface area (Å²) >= 11 is 0. The number of hydrogen-bond acceptors (Lipinski definition) is 3. The maximum absolute atomic E-state index is 12.8. The van der Waals surface area contributed by atoms with Crippen LogP contribution in [0.4, 0.5) is 0 Å². The molecule has 0 radical (unpaired) electrons. The fourth-order valence-corrected chi connectivity index (χ4v) is 3.42. The number of quaternary nitrogens is 1. The minimum Gasteiger partial charge on any atom is -0.465 e. The highest BCUT2D eigenvalue weighted by atomic mass is 16.5. The molecule has 0 amide bonds. The number of H-pyrrole nitrogens is 1. The first-order valence-electron chi connectivity index (χ1n) is 8.13. The number of aryl methyl sites for hydroxylation is 1. The van der Waals surface area contributed by atoms with Crippen LogP contribution < -0.4 is 4.90 Å². The van der Waals surface area contributed by atoms with Crippen molar-refractivity contribution in [3.63, 3.8) is 0 Å². The van der Waals surface area contributed by atoms with Gasteiger partial charge in [-0.25, -0.2) is 4.79 Å². The number of rotatable bonds is 4. The molecular weight excluding hydrogens is 280 g/mol. The number of ether oxygens (including phenoxy) is 1. The summed E-state index contributed by atoms with van der Waals surface area (Å²) in [5, 5.41) is 0. The summed E-state index contributed by atoms with van der Waals surface area (Å²) in [4.78, 5) is 29.2. The molecule has 1 saturated heterocycles. The van der Waals surface area contributed by atoms with Gasteiger partial charge in [0.1, 0.15) is 6.04 Å². The maximum Gasteiger partial charge on any atom is 0.339 e. The van der Waals surface area contributed by atoms with Crippen molar-refractivity contribution < 1.29 is 19.2 Å². The van der Waals surface area contributed by atoms with E-state index in [1.165, 1.54) is 37.7 Å². The van der Waals surface area contributed by atoms with Crippen molar-refractivity contribution >= 4 is 11.8 Å². The Kier molecular flexibility index (Phi) is 5.40. The number of ketones is 1. The van der Waals surface area contributed by atoms with Crippen LogP contribution in [0.15, 0.2) is 0 Å². The van der Waals surface area contributed by atoms with E-state index in [0.29, 0.717) is 22.5 Å². The lowest BCUT2D eigenvalue weighted by Gasteiger charge is -2.23. The van der Waals surface area contributed by atoms with E-state index in [1.807, 2.05) is 13.8 Å². The molecular formula is C17H27N2O3+. The number of carbonyl (C=O) groups excluding carboxylic acids is 2. The third-order valence-electron chi connectivity index (χ3n) is 4.82. The zero-order valence-electron chi connectivity index (χ0n) is 14.0. The van der Waals surface area contributed by atoms with Gasteiger partial charge in [-0.15, -0.1) is 0 Å². The summed E-state index contributed by atoms with van der Waals surface area (Å²) in [7, 11) is 1.36. The van der Waals surface area contributed by atoms with Gasteiger partial charge < -0.3 is 14.6 Å². The van der Waals surface area contributed by atoms with E-state index in [-0.39, 0.29) is 17.8 Å². The molecule has 0 aliphatic carbocycles. The van der Waals surface area contributed by atoms with Gasteiger partial charge in [0.25, 0.3) is 0 Å². The number of hydrogen-bond donors (Lipinski definition) is 2. The van der Waals surface area contributed by atoms with Gasteiger partial charge in [0, 0.05) is 5.69 Å². The summed E-state index contributed by atoms with van der Waals surface area (Å²) in [6.07, 6.45) is 4.89. The van der Waals surface area contributed by atoms with Crippen LogP contribution in [0.3, 0.4) is 0 Å². The molecule has 2 N–H and O–H groups in total. The van der Waals surface area contributed by atoms with Crippen LogP contribution in [0.2, 0.25) is 0 Å². The van der Waals surface area contributed by atoms with Crippen LogP contribution in [-0.4, -0.2) is 43.0 Å². The average Bonchev–Trinajstić information content (AvgIpc) is 2.72. The first kappa shape index (κ1) is 16.7. The van der Waals surface area contributed by atoms with E-state index in [9.17, 15) is 9.59 Å². The molecule has 0 spiro atoms. The van der Waals surface area contributed by atoms with E-state index in [2.05, 4.69) is 4.98 Å². The predicted octanol–water partition coefficient (Wildman–Crippen LogP) is 1.45. The quantitative estimate of drug-likeness (QED) is 0.654. The Morgan fingerprint density at radius 2 is 1.73 bits per heavy atom. The predicted molar refractivity (Wildman–Crippen MR) is 84.6 cm³/mol. The lowest BCUT2D eigenvalue weighted by Crippen LogP contribution is -3.16. The van der Waals surface area contributed by atoms with Crippen molar-refractivity contribution in [2.24, 2.45) is 0 Å². The number of Topliss-reactive ketones (excluding diaryl/α,β-unsaturated/α-hetero) is 1. The molecule has 1 atom stereocenters. The van der Waals surface area contributed by atoms with Gasteiger partial charge in [0.2, 0.25) is 5.78 Å². The van der Waals surface area contributed by atoms with Gasteiger partial charge in [0.05, 0.1) is 31.5 Å². The smallest absolute Gasteiger partial charge is 0.339 e. The van der Waals surface area contributed by atoms with Gasteiger partial charge in [-0.3, -0.25) is 4.79 Å². The van der Waals surface area contributed by atoms with Crippen LogP contribution in [-0.2, 0) is 4.74 Å². The molecule has 1 aliphatic rings. The van der Waals surface area contributed by atoms with Crippen LogP contribution in [0.1, 0.15) is 64.7 Å². The van der Waals surface area contributed by atoms with Gasteiger partial charge in [-0.05, 0) is 52.0 Å². The Labute approximate surface area is 132 Å². The second kappa shape index (κ2) is 7.09. The second-order valence-corrected chi connectivity index (χ2v) is 6.27. The van der Waals surface area contributed by atoms with Crippen molar-refractivity contribution in [1.29, 1.82) is 0 Å². The van der Waals surface area contributed by atoms with Crippen LogP contribution in [0.5, 0.6) is 0 Å². The minimum atomic E-state index is -0.389. The molecule has 122 valence electrons. The highest BCUT2D eigenvalue weighted by Crippen LogP contribution is 2.20. The SMILES string of the molecule is COC(=O)c1c(C)[nH]c(C(=O)[C@H](C)[NH+]2CCCCCC2)c1C. The van der Waals surface area contributed by atoms with Crippen LogP contribution in [0.25, 0.3) is 0 Å². The van der Waals surface area contributed by atoms with Crippen molar-refractivity contribution in [3.8, 4) is 0 Å². The minimum absolute atomic E-state index is 0.0830. The fraction of sp³-hybridized carbons (Fsp3) is 0.647. The number of aromatic amines is 1. The maximum atomic E-state index is 12.8. The fourth-order valence-electron chi connectivity index (χ4n) is 3.42. The zero-order chi connectivity index (χ0) is 16.3. The first-order chi connectivity index (χ1) is 10.5. The lowest BCUT2D eigenvalue weighted by atomic mass is 10.0. The second-order valence-electron chi connectivity index (χ2n) is 6.27. The summed E-state index contributed by atoms with van der Waals surface area (Å²) in [6, 6.07) is -0.0830. The Morgan fingerprint density at radius 3 is 2.27 bits per heavy atom. The first-order valence-corrected chi connectivity index (χ1v) is 8.13. The summed E-state index contributed by atoms with van der Waals surface area (Å²) in [6.45, 7) is 7.72. The zero-order valence-corrected chi connectivity index (χ0v) is 14.0. The topological polar surface area (TPSA) is 63.6 Å². The van der Waals surface area contributed by atoms with Gasteiger partial charge >= 0.3 is 5.97 Å². The largest absolute Gasteiger partial charge is 0.465 e. The molecule has 5 nitrogen and oxygen atoms in total. The Balaban J connectivity index is 2.23. The molecule has 1 fully saturated rings. The monoisotopic (exact) mass is 307 g/mol. The molecule has 0 unspecified atom stereocenters. The van der Waals surface area contributed by atoms with Crippen molar-refractivity contribution in [3.05, 3.63) is 22.5 Å². The lowest BCUT2D eigenvalue weighted by molar-refractivity contribution is -0.912. The number of aromatic nitrogens is 1. The Hall–Kier alpha value is -1.62. The normalized spacial score (nSPS) is 17.8. The standard InChI is InChI=1S/C17H26N2O3/c1-11-14(17(21)22-4)12(2)18-15(11)16(20)13(3)19-9-7-5-6-8-10-19/h13,18H,5-10H2,1-4H3/p+1/t13-/m0/s1. The molecule has 1 aromatic rings. The molecule has 0 aromatic carbocycles.